The summed E-state index contributed by atoms with van der Waals surface area (Å²) in [6.07, 6.45) is 0.414. The fraction of sp³-hybridized carbons (Fsp3) is 0.294. The third kappa shape index (κ3) is 3.60. The van der Waals surface area contributed by atoms with Crippen LogP contribution in [0.4, 0.5) is 5.82 Å². The number of amides is 1. The molecule has 1 aliphatic heterocycles. The number of rotatable bonds is 3. The molecular weight excluding hydrogens is 348 g/mol. The lowest BCUT2D eigenvalue weighted by molar-refractivity contribution is 0.0978. The lowest BCUT2D eigenvalue weighted by Gasteiger charge is -2.27. The summed E-state index contributed by atoms with van der Waals surface area (Å²) in [7, 11) is -3.12. The largest absolute Gasteiger partial charge is 0.289 e. The van der Waals surface area contributed by atoms with E-state index in [1.54, 1.807) is 30.3 Å². The van der Waals surface area contributed by atoms with Crippen molar-refractivity contribution >= 4 is 33.2 Å². The lowest BCUT2D eigenvalue weighted by atomic mass is 10.1. The van der Waals surface area contributed by atoms with E-state index < -0.39 is 15.9 Å². The summed E-state index contributed by atoms with van der Waals surface area (Å²) >= 11 is 5.88. The van der Waals surface area contributed by atoms with E-state index in [4.69, 9.17) is 11.6 Å². The highest BCUT2D eigenvalue weighted by molar-refractivity contribution is 7.91. The van der Waals surface area contributed by atoms with E-state index in [1.807, 2.05) is 19.1 Å². The van der Waals surface area contributed by atoms with E-state index in [2.05, 4.69) is 4.98 Å². The van der Waals surface area contributed by atoms with Crippen LogP contribution in [0.25, 0.3) is 0 Å². The van der Waals surface area contributed by atoms with E-state index in [9.17, 15) is 13.2 Å². The second-order valence-electron chi connectivity index (χ2n) is 5.88. The van der Waals surface area contributed by atoms with Crippen LogP contribution in [0.5, 0.6) is 0 Å². The molecule has 24 heavy (non-hydrogen) atoms. The van der Waals surface area contributed by atoms with Crippen LogP contribution in [0.3, 0.4) is 0 Å². The van der Waals surface area contributed by atoms with Gasteiger partial charge in [0.05, 0.1) is 17.5 Å². The van der Waals surface area contributed by atoms with Gasteiger partial charge in [-0.05, 0) is 49.7 Å². The Balaban J connectivity index is 2.01. The first-order valence-corrected chi connectivity index (χ1v) is 9.79. The number of nitrogens with zero attached hydrogens (tertiary/aromatic N) is 2. The first-order valence-electron chi connectivity index (χ1n) is 7.59. The minimum atomic E-state index is -3.12. The molecule has 1 amide bonds. The van der Waals surface area contributed by atoms with E-state index in [1.165, 1.54) is 4.90 Å². The Bertz CT molecular complexity index is 866. The van der Waals surface area contributed by atoms with Crippen molar-refractivity contribution in [2.75, 3.05) is 16.4 Å². The Hall–Kier alpha value is -1.92. The maximum Gasteiger partial charge on any atom is 0.259 e. The SMILES string of the molecule is Cc1cccc(N(C(=O)c2ccc(Cl)cc2)C2CCS(=O)(=O)C2)n1. The molecule has 7 heteroatoms. The van der Waals surface area contributed by atoms with Gasteiger partial charge in [-0.1, -0.05) is 17.7 Å². The zero-order valence-electron chi connectivity index (χ0n) is 13.1. The predicted octanol–water partition coefficient (Wildman–Crippen LogP) is 2.88. The van der Waals surface area contributed by atoms with Crippen molar-refractivity contribution in [2.45, 2.75) is 19.4 Å². The van der Waals surface area contributed by atoms with Crippen molar-refractivity contribution in [1.29, 1.82) is 0 Å². The van der Waals surface area contributed by atoms with Gasteiger partial charge in [-0.25, -0.2) is 13.4 Å². The first-order chi connectivity index (χ1) is 11.4. The van der Waals surface area contributed by atoms with Gasteiger partial charge in [-0.3, -0.25) is 9.69 Å². The van der Waals surface area contributed by atoms with Gasteiger partial charge in [-0.15, -0.1) is 0 Å². The van der Waals surface area contributed by atoms with E-state index in [-0.39, 0.29) is 17.4 Å². The highest BCUT2D eigenvalue weighted by atomic mass is 35.5. The lowest BCUT2D eigenvalue weighted by Crippen LogP contribution is -2.42. The van der Waals surface area contributed by atoms with Crippen molar-refractivity contribution in [3.05, 3.63) is 58.7 Å². The third-order valence-electron chi connectivity index (χ3n) is 4.00. The van der Waals surface area contributed by atoms with Gasteiger partial charge in [0, 0.05) is 16.3 Å². The van der Waals surface area contributed by atoms with Gasteiger partial charge in [-0.2, -0.15) is 0 Å². The molecule has 2 heterocycles. The monoisotopic (exact) mass is 364 g/mol. The molecule has 5 nitrogen and oxygen atoms in total. The van der Waals surface area contributed by atoms with Crippen LogP contribution in [0, 0.1) is 6.92 Å². The fourth-order valence-corrected chi connectivity index (χ4v) is 4.66. The number of aromatic nitrogens is 1. The molecule has 1 aromatic heterocycles. The smallest absolute Gasteiger partial charge is 0.259 e. The Morgan fingerprint density at radius 1 is 1.21 bits per heavy atom. The quantitative estimate of drug-likeness (QED) is 0.839. The topological polar surface area (TPSA) is 67.3 Å². The van der Waals surface area contributed by atoms with Crippen LogP contribution >= 0.6 is 11.6 Å². The number of carbonyl (C=O) groups excluding carboxylic acids is 1. The van der Waals surface area contributed by atoms with Crippen LogP contribution in [-0.4, -0.2) is 36.9 Å². The third-order valence-corrected chi connectivity index (χ3v) is 6.01. The molecule has 2 aromatic rings. The molecule has 0 bridgehead atoms. The van der Waals surface area contributed by atoms with Crippen LogP contribution < -0.4 is 4.90 Å². The average molecular weight is 365 g/mol. The minimum absolute atomic E-state index is 0.0397. The van der Waals surface area contributed by atoms with Crippen molar-refractivity contribution in [3.8, 4) is 0 Å². The molecule has 1 fully saturated rings. The molecule has 126 valence electrons. The average Bonchev–Trinajstić information content (AvgIpc) is 2.88. The summed E-state index contributed by atoms with van der Waals surface area (Å²) in [6.45, 7) is 1.83. The highest BCUT2D eigenvalue weighted by Gasteiger charge is 2.36. The van der Waals surface area contributed by atoms with E-state index in [0.717, 1.165) is 5.69 Å². The van der Waals surface area contributed by atoms with Gasteiger partial charge in [0.25, 0.3) is 5.91 Å². The molecule has 1 aliphatic rings. The van der Waals surface area contributed by atoms with Crippen LogP contribution in [-0.2, 0) is 9.84 Å². The number of aryl methyl sites for hydroxylation is 1. The maximum atomic E-state index is 13.0. The number of sulfone groups is 1. The van der Waals surface area contributed by atoms with E-state index >= 15 is 0 Å². The normalized spacial score (nSPS) is 19.2. The number of pyridine rings is 1. The fourth-order valence-electron chi connectivity index (χ4n) is 2.83. The van der Waals surface area contributed by atoms with Crippen molar-refractivity contribution in [2.24, 2.45) is 0 Å². The molecule has 1 atom stereocenters. The van der Waals surface area contributed by atoms with Gasteiger partial charge < -0.3 is 0 Å². The minimum Gasteiger partial charge on any atom is -0.289 e. The summed E-state index contributed by atoms with van der Waals surface area (Å²) in [5, 5.41) is 0.537. The molecule has 1 saturated heterocycles. The van der Waals surface area contributed by atoms with Gasteiger partial charge in [0.1, 0.15) is 5.82 Å². The zero-order chi connectivity index (χ0) is 17.3. The molecule has 0 saturated carbocycles. The number of hydrogen-bond acceptors (Lipinski definition) is 4. The number of carbonyl (C=O) groups is 1. The highest BCUT2D eigenvalue weighted by Crippen LogP contribution is 2.25. The standard InChI is InChI=1S/C17H17ClN2O3S/c1-12-3-2-4-16(19-12)20(15-9-10-24(22,23)11-15)17(21)13-5-7-14(18)8-6-13/h2-8,15H,9-11H2,1H3. The summed E-state index contributed by atoms with van der Waals surface area (Å²) < 4.78 is 23.7. The number of anilines is 1. The molecular formula is C17H17ClN2O3S. The Morgan fingerprint density at radius 2 is 1.92 bits per heavy atom. The number of hydrogen-bond donors (Lipinski definition) is 0. The van der Waals surface area contributed by atoms with Gasteiger partial charge in [0.2, 0.25) is 0 Å². The van der Waals surface area contributed by atoms with Crippen LogP contribution in [0.1, 0.15) is 22.5 Å². The van der Waals surface area contributed by atoms with Crippen LogP contribution in [0.15, 0.2) is 42.5 Å². The number of halogens is 1. The summed E-state index contributed by atoms with van der Waals surface area (Å²) in [5.41, 5.74) is 1.22. The Morgan fingerprint density at radius 3 is 2.50 bits per heavy atom. The maximum absolute atomic E-state index is 13.0. The Labute approximate surface area is 146 Å². The first kappa shape index (κ1) is 16.9. The molecule has 0 aliphatic carbocycles. The van der Waals surface area contributed by atoms with Crippen LogP contribution in [0.2, 0.25) is 5.02 Å². The van der Waals surface area contributed by atoms with Gasteiger partial charge in [0.15, 0.2) is 9.84 Å². The summed E-state index contributed by atoms with van der Waals surface area (Å²) in [6, 6.07) is 11.5. The molecule has 3 rings (SSSR count). The molecule has 1 unspecified atom stereocenters. The second kappa shape index (κ2) is 6.53. The molecule has 0 radical (unpaired) electrons. The summed E-state index contributed by atoms with van der Waals surface area (Å²) in [5.74, 6) is 0.249. The summed E-state index contributed by atoms with van der Waals surface area (Å²) in [4.78, 5) is 18.9. The Kier molecular flexibility index (Phi) is 4.60. The second-order valence-corrected chi connectivity index (χ2v) is 8.54. The molecule has 0 spiro atoms. The van der Waals surface area contributed by atoms with E-state index in [0.29, 0.717) is 22.8 Å². The molecule has 0 N–H and O–H groups in total. The van der Waals surface area contributed by atoms with Gasteiger partial charge >= 0.3 is 0 Å². The van der Waals surface area contributed by atoms with Crippen molar-refractivity contribution < 1.29 is 13.2 Å². The predicted molar refractivity (Wildman–Crippen MR) is 94.3 cm³/mol. The molecule has 1 aromatic carbocycles. The number of benzene rings is 1. The zero-order valence-corrected chi connectivity index (χ0v) is 14.7. The van der Waals surface area contributed by atoms with Crippen molar-refractivity contribution in [1.82, 2.24) is 4.98 Å². The van der Waals surface area contributed by atoms with Crippen molar-refractivity contribution in [3.63, 3.8) is 0 Å².